The van der Waals surface area contributed by atoms with Crippen molar-refractivity contribution in [3.63, 3.8) is 0 Å². The first-order chi connectivity index (χ1) is 15.2. The van der Waals surface area contributed by atoms with Crippen LogP contribution < -0.4 is 15.5 Å². The lowest BCUT2D eigenvalue weighted by atomic mass is 10.0. The minimum atomic E-state index is -4.93. The number of aromatic nitrogens is 1. The number of para-hydroxylation sites is 1. The lowest BCUT2D eigenvalue weighted by Crippen LogP contribution is -2.30. The van der Waals surface area contributed by atoms with Crippen molar-refractivity contribution in [2.24, 2.45) is 0 Å². The molecule has 1 aromatic heterocycles. The SMILES string of the molecule is C[C@H](NC(=O)Cn1ccc(=O)c2cccc(OC(F)(F)F)c21)c1ccc2ccccc2c1. The minimum Gasteiger partial charge on any atom is -0.404 e. The Morgan fingerprint density at radius 1 is 1.03 bits per heavy atom. The number of carbonyl (C=O) groups excluding carboxylic acids is 1. The summed E-state index contributed by atoms with van der Waals surface area (Å²) in [5.41, 5.74) is 0.336. The number of amides is 1. The van der Waals surface area contributed by atoms with E-state index in [-0.39, 0.29) is 23.5 Å². The number of nitrogens with zero attached hydrogens (tertiary/aromatic N) is 1. The van der Waals surface area contributed by atoms with Crippen LogP contribution in [0.1, 0.15) is 18.5 Å². The van der Waals surface area contributed by atoms with Gasteiger partial charge in [-0.3, -0.25) is 9.59 Å². The fourth-order valence-corrected chi connectivity index (χ4v) is 3.68. The predicted octanol–water partition coefficient (Wildman–Crippen LogP) is 4.93. The molecule has 1 N–H and O–H groups in total. The number of ether oxygens (including phenoxy) is 1. The van der Waals surface area contributed by atoms with E-state index < -0.39 is 23.4 Å². The van der Waals surface area contributed by atoms with Crippen molar-refractivity contribution >= 4 is 27.6 Å². The Bertz CT molecular complexity index is 1360. The normalized spacial score (nSPS) is 12.6. The standard InChI is InChI=1S/C24H19F3N2O3/c1-15(17-10-9-16-5-2-3-6-18(16)13-17)28-22(31)14-29-12-11-20(30)19-7-4-8-21(23(19)29)32-24(25,26)27/h2-13,15H,14H2,1H3,(H,28,31)/t15-/m0/s1. The van der Waals surface area contributed by atoms with Crippen LogP contribution >= 0.6 is 0 Å². The molecule has 164 valence electrons. The number of hydrogen-bond acceptors (Lipinski definition) is 3. The van der Waals surface area contributed by atoms with E-state index in [9.17, 15) is 22.8 Å². The van der Waals surface area contributed by atoms with Crippen LogP contribution in [-0.2, 0) is 11.3 Å². The Hall–Kier alpha value is -3.81. The number of nitrogens with one attached hydrogen (secondary N) is 1. The van der Waals surface area contributed by atoms with E-state index in [4.69, 9.17) is 0 Å². The quantitative estimate of drug-likeness (QED) is 0.479. The van der Waals surface area contributed by atoms with Crippen molar-refractivity contribution in [1.82, 2.24) is 9.88 Å². The van der Waals surface area contributed by atoms with Gasteiger partial charge in [-0.1, -0.05) is 42.5 Å². The highest BCUT2D eigenvalue weighted by molar-refractivity contribution is 5.87. The van der Waals surface area contributed by atoms with Crippen LogP contribution in [0.15, 0.2) is 77.7 Å². The van der Waals surface area contributed by atoms with Gasteiger partial charge in [0.25, 0.3) is 0 Å². The molecule has 4 rings (SSSR count). The number of rotatable bonds is 5. The van der Waals surface area contributed by atoms with E-state index in [1.165, 1.54) is 29.0 Å². The van der Waals surface area contributed by atoms with Crippen LogP contribution in [0.5, 0.6) is 5.75 Å². The number of halogens is 3. The molecule has 0 aliphatic rings. The molecule has 8 heteroatoms. The number of benzene rings is 3. The predicted molar refractivity (Wildman–Crippen MR) is 115 cm³/mol. The zero-order valence-corrected chi connectivity index (χ0v) is 17.0. The second-order valence-corrected chi connectivity index (χ2v) is 7.40. The maximum atomic E-state index is 12.8. The molecule has 4 aromatic rings. The molecular weight excluding hydrogens is 421 g/mol. The third kappa shape index (κ3) is 4.59. The molecule has 1 atom stereocenters. The summed E-state index contributed by atoms with van der Waals surface area (Å²) in [7, 11) is 0. The summed E-state index contributed by atoms with van der Waals surface area (Å²) < 4.78 is 43.9. The van der Waals surface area contributed by atoms with Gasteiger partial charge in [0, 0.05) is 17.6 Å². The fraction of sp³-hybridized carbons (Fsp3) is 0.167. The third-order valence-electron chi connectivity index (χ3n) is 5.15. The van der Waals surface area contributed by atoms with Crippen molar-refractivity contribution in [3.05, 3.63) is 88.7 Å². The van der Waals surface area contributed by atoms with Gasteiger partial charge in [-0.05, 0) is 41.5 Å². The molecule has 0 spiro atoms. The summed E-state index contributed by atoms with van der Waals surface area (Å²) in [6, 6.07) is 18.4. The largest absolute Gasteiger partial charge is 0.573 e. The van der Waals surface area contributed by atoms with E-state index in [0.717, 1.165) is 22.4 Å². The van der Waals surface area contributed by atoms with Crippen molar-refractivity contribution < 1.29 is 22.7 Å². The molecule has 1 amide bonds. The van der Waals surface area contributed by atoms with Crippen molar-refractivity contribution in [2.75, 3.05) is 0 Å². The Kier molecular flexibility index (Phi) is 5.61. The first kappa shape index (κ1) is 21.4. The summed E-state index contributed by atoms with van der Waals surface area (Å²) in [6.07, 6.45) is -3.65. The van der Waals surface area contributed by atoms with E-state index in [1.807, 2.05) is 49.4 Å². The van der Waals surface area contributed by atoms with Gasteiger partial charge >= 0.3 is 6.36 Å². The Morgan fingerprint density at radius 2 is 1.78 bits per heavy atom. The first-order valence-electron chi connectivity index (χ1n) is 9.87. The van der Waals surface area contributed by atoms with Gasteiger partial charge in [0.15, 0.2) is 11.2 Å². The number of fused-ring (bicyclic) bond motifs is 2. The van der Waals surface area contributed by atoms with E-state index >= 15 is 0 Å². The zero-order chi connectivity index (χ0) is 22.9. The Labute approximate surface area is 181 Å². The molecule has 0 aliphatic carbocycles. The van der Waals surface area contributed by atoms with Crippen LogP contribution in [-0.4, -0.2) is 16.8 Å². The van der Waals surface area contributed by atoms with Crippen LogP contribution in [0, 0.1) is 0 Å². The topological polar surface area (TPSA) is 60.3 Å². The van der Waals surface area contributed by atoms with Gasteiger partial charge in [0.2, 0.25) is 5.91 Å². The first-order valence-corrected chi connectivity index (χ1v) is 9.87. The molecule has 0 fully saturated rings. The molecule has 1 heterocycles. The van der Waals surface area contributed by atoms with E-state index in [0.29, 0.717) is 0 Å². The maximum Gasteiger partial charge on any atom is 0.573 e. The Balaban J connectivity index is 1.60. The van der Waals surface area contributed by atoms with Gasteiger partial charge in [-0.25, -0.2) is 0 Å². The molecule has 0 saturated carbocycles. The van der Waals surface area contributed by atoms with Gasteiger partial charge in [0.05, 0.1) is 11.6 Å². The lowest BCUT2D eigenvalue weighted by Gasteiger charge is -2.18. The van der Waals surface area contributed by atoms with Gasteiger partial charge in [-0.15, -0.1) is 13.2 Å². The average Bonchev–Trinajstić information content (AvgIpc) is 2.74. The van der Waals surface area contributed by atoms with Gasteiger partial charge < -0.3 is 14.6 Å². The minimum absolute atomic E-state index is 0.0321. The molecule has 0 aliphatic heterocycles. The molecule has 3 aromatic carbocycles. The molecule has 0 bridgehead atoms. The second-order valence-electron chi connectivity index (χ2n) is 7.40. The number of hydrogen-bond donors (Lipinski definition) is 1. The second kappa shape index (κ2) is 8.37. The molecule has 0 unspecified atom stereocenters. The third-order valence-corrected chi connectivity index (χ3v) is 5.15. The van der Waals surface area contributed by atoms with E-state index in [2.05, 4.69) is 10.1 Å². The van der Waals surface area contributed by atoms with Crippen LogP contribution in [0.25, 0.3) is 21.7 Å². The number of alkyl halides is 3. The molecule has 32 heavy (non-hydrogen) atoms. The smallest absolute Gasteiger partial charge is 0.404 e. The van der Waals surface area contributed by atoms with Gasteiger partial charge in [-0.2, -0.15) is 0 Å². The highest BCUT2D eigenvalue weighted by Gasteiger charge is 2.32. The van der Waals surface area contributed by atoms with E-state index in [1.54, 1.807) is 0 Å². The van der Waals surface area contributed by atoms with Gasteiger partial charge in [0.1, 0.15) is 6.54 Å². The van der Waals surface area contributed by atoms with Crippen LogP contribution in [0.2, 0.25) is 0 Å². The molecular formula is C24H19F3N2O3. The molecule has 0 saturated heterocycles. The molecule has 5 nitrogen and oxygen atoms in total. The van der Waals surface area contributed by atoms with Crippen LogP contribution in [0.4, 0.5) is 13.2 Å². The van der Waals surface area contributed by atoms with Crippen LogP contribution in [0.3, 0.4) is 0 Å². The summed E-state index contributed by atoms with van der Waals surface area (Å²) >= 11 is 0. The zero-order valence-electron chi connectivity index (χ0n) is 17.0. The van der Waals surface area contributed by atoms with Crippen molar-refractivity contribution in [3.8, 4) is 5.75 Å². The maximum absolute atomic E-state index is 12.8. The summed E-state index contributed by atoms with van der Waals surface area (Å²) in [5.74, 6) is -0.958. The Morgan fingerprint density at radius 3 is 2.53 bits per heavy atom. The monoisotopic (exact) mass is 440 g/mol. The average molecular weight is 440 g/mol. The summed E-state index contributed by atoms with van der Waals surface area (Å²) in [6.45, 7) is 1.54. The highest BCUT2D eigenvalue weighted by Crippen LogP contribution is 2.29. The van der Waals surface area contributed by atoms with Crippen molar-refractivity contribution in [1.29, 1.82) is 0 Å². The highest BCUT2D eigenvalue weighted by atomic mass is 19.4. The summed E-state index contributed by atoms with van der Waals surface area (Å²) in [4.78, 5) is 24.9. The molecule has 0 radical (unpaired) electrons. The summed E-state index contributed by atoms with van der Waals surface area (Å²) in [5, 5.41) is 5.00. The number of pyridine rings is 1. The number of carbonyl (C=O) groups is 1. The lowest BCUT2D eigenvalue weighted by molar-refractivity contribution is -0.274. The fourth-order valence-electron chi connectivity index (χ4n) is 3.68. The van der Waals surface area contributed by atoms with Crippen molar-refractivity contribution in [2.45, 2.75) is 25.9 Å².